The molecular formula is C14H15NO2. The lowest BCUT2D eigenvalue weighted by molar-refractivity contribution is -0.140. The maximum Gasteiger partial charge on any atom is 0.340 e. The lowest BCUT2D eigenvalue weighted by atomic mass is 10.1. The number of carbonyl (C=O) groups excluding carboxylic acids is 1. The molecule has 0 aliphatic heterocycles. The molecule has 0 heterocycles. The molecule has 0 aliphatic rings. The molecule has 0 N–H and O–H groups in total. The van der Waals surface area contributed by atoms with E-state index in [-0.39, 0.29) is 6.61 Å². The van der Waals surface area contributed by atoms with Crippen molar-refractivity contribution in [3.05, 3.63) is 59.8 Å². The molecule has 0 aromatic heterocycles. The van der Waals surface area contributed by atoms with Gasteiger partial charge in [0, 0.05) is 6.20 Å². The third-order valence-corrected chi connectivity index (χ3v) is 2.11. The van der Waals surface area contributed by atoms with Crippen LogP contribution in [-0.2, 0) is 16.1 Å². The maximum atomic E-state index is 11.7. The summed E-state index contributed by atoms with van der Waals surface area (Å²) in [5, 5.41) is 0. The number of esters is 1. The molecule has 0 saturated carbocycles. The van der Waals surface area contributed by atoms with Gasteiger partial charge in [0.1, 0.15) is 6.61 Å². The van der Waals surface area contributed by atoms with Crippen LogP contribution in [0.4, 0.5) is 0 Å². The smallest absolute Gasteiger partial charge is 0.340 e. The van der Waals surface area contributed by atoms with Crippen LogP contribution in [0.1, 0.15) is 12.5 Å². The van der Waals surface area contributed by atoms with Crippen molar-refractivity contribution in [2.45, 2.75) is 13.5 Å². The van der Waals surface area contributed by atoms with E-state index < -0.39 is 5.97 Å². The van der Waals surface area contributed by atoms with Crippen LogP contribution in [0.3, 0.4) is 0 Å². The largest absolute Gasteiger partial charge is 0.457 e. The standard InChI is InChI=1S/C14H15NO2/c1-11(2)13(9-15-3)14(16)17-10-12-7-5-4-6-8-12/h4-9H,1,3,10H2,2H3/b13-9+. The van der Waals surface area contributed by atoms with Gasteiger partial charge in [-0.3, -0.25) is 4.99 Å². The Balaban J connectivity index is 2.63. The van der Waals surface area contributed by atoms with Gasteiger partial charge in [0.15, 0.2) is 0 Å². The van der Waals surface area contributed by atoms with Crippen LogP contribution in [0, 0.1) is 0 Å². The second-order valence-electron chi connectivity index (χ2n) is 3.57. The predicted molar refractivity (Wildman–Crippen MR) is 68.7 cm³/mol. The molecule has 1 rings (SSSR count). The first-order valence-electron chi connectivity index (χ1n) is 5.18. The Kier molecular flexibility index (Phi) is 4.88. The van der Waals surface area contributed by atoms with Crippen LogP contribution < -0.4 is 0 Å². The Bertz CT molecular complexity index is 447. The van der Waals surface area contributed by atoms with Gasteiger partial charge in [0.2, 0.25) is 0 Å². The zero-order valence-electron chi connectivity index (χ0n) is 9.85. The average Bonchev–Trinajstić information content (AvgIpc) is 2.34. The van der Waals surface area contributed by atoms with Gasteiger partial charge < -0.3 is 4.74 Å². The summed E-state index contributed by atoms with van der Waals surface area (Å²) in [6, 6.07) is 9.48. The SMILES string of the molecule is C=N/C=C(\C(=C)C)C(=O)OCc1ccccc1. The van der Waals surface area contributed by atoms with Gasteiger partial charge in [-0.1, -0.05) is 36.9 Å². The van der Waals surface area contributed by atoms with Crippen LogP contribution in [0.25, 0.3) is 0 Å². The molecule has 0 spiro atoms. The van der Waals surface area contributed by atoms with E-state index in [0.29, 0.717) is 11.1 Å². The zero-order chi connectivity index (χ0) is 12.7. The summed E-state index contributed by atoms with van der Waals surface area (Å²) < 4.78 is 5.15. The van der Waals surface area contributed by atoms with Crippen molar-refractivity contribution in [2.75, 3.05) is 0 Å². The number of aliphatic imine (C=N–C) groups is 1. The van der Waals surface area contributed by atoms with E-state index in [1.165, 1.54) is 6.20 Å². The molecule has 0 amide bonds. The summed E-state index contributed by atoms with van der Waals surface area (Å²) >= 11 is 0. The quantitative estimate of drug-likeness (QED) is 0.337. The highest BCUT2D eigenvalue weighted by Gasteiger charge is 2.11. The molecule has 0 bridgehead atoms. The molecule has 17 heavy (non-hydrogen) atoms. The summed E-state index contributed by atoms with van der Waals surface area (Å²) in [7, 11) is 0. The van der Waals surface area contributed by atoms with Crippen molar-refractivity contribution in [2.24, 2.45) is 4.99 Å². The second kappa shape index (κ2) is 6.43. The monoisotopic (exact) mass is 229 g/mol. The highest BCUT2D eigenvalue weighted by atomic mass is 16.5. The van der Waals surface area contributed by atoms with Gasteiger partial charge in [-0.25, -0.2) is 4.79 Å². The molecular weight excluding hydrogens is 214 g/mol. The van der Waals surface area contributed by atoms with Gasteiger partial charge >= 0.3 is 5.97 Å². The highest BCUT2D eigenvalue weighted by Crippen LogP contribution is 2.11. The van der Waals surface area contributed by atoms with Crippen molar-refractivity contribution in [3.63, 3.8) is 0 Å². The number of ether oxygens (including phenoxy) is 1. The maximum absolute atomic E-state index is 11.7. The van der Waals surface area contributed by atoms with E-state index in [1.54, 1.807) is 6.92 Å². The Morgan fingerprint density at radius 3 is 2.59 bits per heavy atom. The number of rotatable bonds is 5. The number of nitrogens with zero attached hydrogens (tertiary/aromatic N) is 1. The number of hydrogen-bond acceptors (Lipinski definition) is 3. The fourth-order valence-corrected chi connectivity index (χ4v) is 1.23. The first kappa shape index (κ1) is 12.9. The van der Waals surface area contributed by atoms with Gasteiger partial charge in [0.25, 0.3) is 0 Å². The molecule has 3 nitrogen and oxygen atoms in total. The Morgan fingerprint density at radius 1 is 1.41 bits per heavy atom. The molecule has 0 aliphatic carbocycles. The lowest BCUT2D eigenvalue weighted by Crippen LogP contribution is -2.08. The lowest BCUT2D eigenvalue weighted by Gasteiger charge is -2.07. The summed E-state index contributed by atoms with van der Waals surface area (Å²) in [5.74, 6) is -0.436. The normalized spacial score (nSPS) is 10.8. The minimum Gasteiger partial charge on any atom is -0.457 e. The van der Waals surface area contributed by atoms with Crippen molar-refractivity contribution in [1.82, 2.24) is 0 Å². The average molecular weight is 229 g/mol. The summed E-state index contributed by atoms with van der Waals surface area (Å²) in [5.41, 5.74) is 1.89. The first-order valence-corrected chi connectivity index (χ1v) is 5.18. The Hall–Kier alpha value is -2.16. The topological polar surface area (TPSA) is 38.7 Å². The third kappa shape index (κ3) is 4.07. The summed E-state index contributed by atoms with van der Waals surface area (Å²) in [4.78, 5) is 15.3. The summed E-state index contributed by atoms with van der Waals surface area (Å²) in [6.07, 6.45) is 1.36. The van der Waals surface area contributed by atoms with Crippen LogP contribution in [-0.4, -0.2) is 12.7 Å². The predicted octanol–water partition coefficient (Wildman–Crippen LogP) is 2.89. The van der Waals surface area contributed by atoms with Gasteiger partial charge in [-0.05, 0) is 24.8 Å². The van der Waals surface area contributed by atoms with Gasteiger partial charge in [0.05, 0.1) is 5.57 Å². The highest BCUT2D eigenvalue weighted by molar-refractivity contribution is 5.93. The minimum atomic E-state index is -0.436. The molecule has 0 unspecified atom stereocenters. The van der Waals surface area contributed by atoms with E-state index in [1.807, 2.05) is 30.3 Å². The van der Waals surface area contributed by atoms with Crippen LogP contribution in [0.2, 0.25) is 0 Å². The fraction of sp³-hybridized carbons (Fsp3) is 0.143. The fourth-order valence-electron chi connectivity index (χ4n) is 1.23. The van der Waals surface area contributed by atoms with Crippen molar-refractivity contribution in [1.29, 1.82) is 0 Å². The Morgan fingerprint density at radius 2 is 2.06 bits per heavy atom. The Labute approximate surface area is 101 Å². The van der Waals surface area contributed by atoms with Gasteiger partial charge in [-0.15, -0.1) is 0 Å². The molecule has 0 atom stereocenters. The van der Waals surface area contributed by atoms with Gasteiger partial charge in [-0.2, -0.15) is 0 Å². The molecule has 3 heteroatoms. The van der Waals surface area contributed by atoms with Crippen molar-refractivity contribution in [3.8, 4) is 0 Å². The minimum absolute atomic E-state index is 0.238. The van der Waals surface area contributed by atoms with Crippen LogP contribution >= 0.6 is 0 Å². The van der Waals surface area contributed by atoms with Crippen molar-refractivity contribution >= 4 is 12.7 Å². The van der Waals surface area contributed by atoms with Crippen LogP contribution in [0.15, 0.2) is 59.2 Å². The van der Waals surface area contributed by atoms with E-state index in [4.69, 9.17) is 4.74 Å². The number of carbonyl (C=O) groups is 1. The number of hydrogen-bond donors (Lipinski definition) is 0. The second-order valence-corrected chi connectivity index (χ2v) is 3.57. The van der Waals surface area contributed by atoms with Crippen LogP contribution in [0.5, 0.6) is 0 Å². The first-order chi connectivity index (χ1) is 8.15. The molecule has 0 fully saturated rings. The van der Waals surface area contributed by atoms with E-state index in [2.05, 4.69) is 18.3 Å². The zero-order valence-corrected chi connectivity index (χ0v) is 9.85. The molecule has 88 valence electrons. The van der Waals surface area contributed by atoms with E-state index in [0.717, 1.165) is 5.56 Å². The third-order valence-electron chi connectivity index (χ3n) is 2.11. The summed E-state index contributed by atoms with van der Waals surface area (Å²) in [6.45, 7) is 8.96. The van der Waals surface area contributed by atoms with E-state index >= 15 is 0 Å². The number of benzene rings is 1. The van der Waals surface area contributed by atoms with E-state index in [9.17, 15) is 4.79 Å². The molecule has 1 aromatic carbocycles. The molecule has 0 radical (unpaired) electrons. The molecule has 1 aromatic rings. The van der Waals surface area contributed by atoms with Crippen molar-refractivity contribution < 1.29 is 9.53 Å². The molecule has 0 saturated heterocycles.